The van der Waals surface area contributed by atoms with Crippen LogP contribution in [0.25, 0.3) is 0 Å². The van der Waals surface area contributed by atoms with E-state index in [2.05, 4.69) is 4.98 Å². The number of nitriles is 1. The third kappa shape index (κ3) is 4.59. The molecule has 0 bridgehead atoms. The minimum Gasteiger partial charge on any atom is -0.467 e. The smallest absolute Gasteiger partial charge is 0.330 e. The van der Waals surface area contributed by atoms with Gasteiger partial charge in [-0.2, -0.15) is 5.26 Å². The summed E-state index contributed by atoms with van der Waals surface area (Å²) in [6.07, 6.45) is 1.47. The molecule has 0 aromatic carbocycles. The van der Waals surface area contributed by atoms with E-state index in [-0.39, 0.29) is 12.6 Å². The largest absolute Gasteiger partial charge is 0.467 e. The van der Waals surface area contributed by atoms with Crippen LogP contribution < -0.4 is 4.90 Å². The van der Waals surface area contributed by atoms with Gasteiger partial charge in [-0.1, -0.05) is 0 Å². The average molecular weight is 345 g/mol. The number of hydrogen-bond donors (Lipinski definition) is 1. The zero-order valence-electron chi connectivity index (χ0n) is 14.9. The number of aromatic nitrogens is 1. The SMILES string of the molecule is COC(=O)C1CN(C(=N)OC(C)(C)C)CCN1c1ccc(C#N)cn1. The van der Waals surface area contributed by atoms with Crippen molar-refractivity contribution in [2.45, 2.75) is 32.4 Å². The Labute approximate surface area is 147 Å². The molecule has 1 unspecified atom stereocenters. The number of methoxy groups -OCH3 is 1. The van der Waals surface area contributed by atoms with Crippen molar-refractivity contribution in [1.82, 2.24) is 9.88 Å². The summed E-state index contributed by atoms with van der Waals surface area (Å²) in [6, 6.07) is 4.82. The second-order valence-corrected chi connectivity index (χ2v) is 6.71. The molecular weight excluding hydrogens is 322 g/mol. The van der Waals surface area contributed by atoms with Gasteiger partial charge in [0.15, 0.2) is 0 Å². The van der Waals surface area contributed by atoms with Gasteiger partial charge in [-0.25, -0.2) is 9.78 Å². The van der Waals surface area contributed by atoms with Gasteiger partial charge in [-0.3, -0.25) is 5.41 Å². The number of rotatable bonds is 2. The molecular formula is C17H23N5O3. The van der Waals surface area contributed by atoms with Crippen LogP contribution in [0.2, 0.25) is 0 Å². The van der Waals surface area contributed by atoms with Crippen LogP contribution in [0.1, 0.15) is 26.3 Å². The average Bonchev–Trinajstić information content (AvgIpc) is 2.59. The number of carbonyl (C=O) groups excluding carboxylic acids is 1. The lowest BCUT2D eigenvalue weighted by Crippen LogP contribution is -2.59. The second kappa shape index (κ2) is 7.38. The fourth-order valence-corrected chi connectivity index (χ4v) is 2.56. The van der Waals surface area contributed by atoms with Crippen molar-refractivity contribution in [2.24, 2.45) is 0 Å². The molecule has 25 heavy (non-hydrogen) atoms. The number of anilines is 1. The van der Waals surface area contributed by atoms with Gasteiger partial charge >= 0.3 is 5.97 Å². The van der Waals surface area contributed by atoms with Gasteiger partial charge in [0.25, 0.3) is 6.02 Å². The van der Waals surface area contributed by atoms with Crippen LogP contribution in [0.3, 0.4) is 0 Å². The van der Waals surface area contributed by atoms with Crippen molar-refractivity contribution in [2.75, 3.05) is 31.6 Å². The summed E-state index contributed by atoms with van der Waals surface area (Å²) in [5.74, 6) is 0.191. The van der Waals surface area contributed by atoms with E-state index in [4.69, 9.17) is 20.1 Å². The third-order valence-electron chi connectivity index (χ3n) is 3.71. The Kier molecular flexibility index (Phi) is 5.47. The minimum atomic E-state index is -0.608. The molecule has 0 spiro atoms. The van der Waals surface area contributed by atoms with Crippen LogP contribution in [0.4, 0.5) is 5.82 Å². The van der Waals surface area contributed by atoms with Gasteiger partial charge in [0, 0.05) is 19.3 Å². The lowest BCUT2D eigenvalue weighted by atomic mass is 10.1. The molecule has 1 N–H and O–H groups in total. The normalized spacial score (nSPS) is 17.6. The molecule has 2 rings (SSSR count). The van der Waals surface area contributed by atoms with Crippen molar-refractivity contribution >= 4 is 17.8 Å². The lowest BCUT2D eigenvalue weighted by Gasteiger charge is -2.41. The first-order chi connectivity index (χ1) is 11.7. The van der Waals surface area contributed by atoms with E-state index in [9.17, 15) is 4.79 Å². The molecule has 0 aliphatic carbocycles. The molecule has 8 heteroatoms. The first-order valence-corrected chi connectivity index (χ1v) is 7.98. The number of ether oxygens (including phenoxy) is 2. The van der Waals surface area contributed by atoms with Crippen molar-refractivity contribution in [3.05, 3.63) is 23.9 Å². The number of amidine groups is 1. The molecule has 2 heterocycles. The van der Waals surface area contributed by atoms with Crippen LogP contribution in [0.15, 0.2) is 18.3 Å². The minimum absolute atomic E-state index is 0.0360. The number of nitrogens with zero attached hydrogens (tertiary/aromatic N) is 4. The van der Waals surface area contributed by atoms with E-state index >= 15 is 0 Å². The van der Waals surface area contributed by atoms with E-state index in [1.807, 2.05) is 31.7 Å². The maximum atomic E-state index is 12.2. The van der Waals surface area contributed by atoms with Gasteiger partial charge < -0.3 is 19.3 Å². The number of nitrogens with one attached hydrogen (secondary N) is 1. The molecule has 134 valence electrons. The first-order valence-electron chi connectivity index (χ1n) is 7.98. The summed E-state index contributed by atoms with van der Waals surface area (Å²) in [4.78, 5) is 20.0. The summed E-state index contributed by atoms with van der Waals surface area (Å²) in [5, 5.41) is 17.0. The van der Waals surface area contributed by atoms with E-state index < -0.39 is 17.6 Å². The molecule has 0 radical (unpaired) electrons. The van der Waals surface area contributed by atoms with Crippen LogP contribution in [-0.4, -0.2) is 60.3 Å². The van der Waals surface area contributed by atoms with Crippen molar-refractivity contribution in [1.29, 1.82) is 10.7 Å². The highest BCUT2D eigenvalue weighted by atomic mass is 16.5. The Bertz CT molecular complexity index is 675. The van der Waals surface area contributed by atoms with Crippen molar-refractivity contribution in [3.63, 3.8) is 0 Å². The van der Waals surface area contributed by atoms with Crippen LogP contribution in [0, 0.1) is 16.7 Å². The number of hydrogen-bond acceptors (Lipinski definition) is 7. The molecule has 0 saturated carbocycles. The molecule has 0 amide bonds. The monoisotopic (exact) mass is 345 g/mol. The standard InChI is InChI=1S/C17H23N5O3/c1-17(2,3)25-16(19)21-7-8-22(13(11-21)15(23)24-4)14-6-5-12(9-18)10-20-14/h5-6,10,13,19H,7-8,11H2,1-4H3. The Hall–Kier alpha value is -2.82. The van der Waals surface area contributed by atoms with Crippen molar-refractivity contribution < 1.29 is 14.3 Å². The predicted octanol–water partition coefficient (Wildman–Crippen LogP) is 1.37. The van der Waals surface area contributed by atoms with Gasteiger partial charge in [-0.15, -0.1) is 0 Å². The fourth-order valence-electron chi connectivity index (χ4n) is 2.56. The van der Waals surface area contributed by atoms with Gasteiger partial charge in [0.1, 0.15) is 23.5 Å². The van der Waals surface area contributed by atoms with Crippen molar-refractivity contribution in [3.8, 4) is 6.07 Å². The summed E-state index contributed by atoms with van der Waals surface area (Å²) < 4.78 is 10.5. The number of pyridine rings is 1. The highest BCUT2D eigenvalue weighted by Gasteiger charge is 2.36. The summed E-state index contributed by atoms with van der Waals surface area (Å²) >= 11 is 0. The highest BCUT2D eigenvalue weighted by Crippen LogP contribution is 2.21. The third-order valence-corrected chi connectivity index (χ3v) is 3.71. The summed E-state index contributed by atoms with van der Waals surface area (Å²) in [5.41, 5.74) is -0.0266. The van der Waals surface area contributed by atoms with E-state index in [1.165, 1.54) is 13.3 Å². The van der Waals surface area contributed by atoms with Gasteiger partial charge in [0.2, 0.25) is 0 Å². The topological polar surface area (TPSA) is 103 Å². The zero-order valence-corrected chi connectivity index (χ0v) is 14.9. The van der Waals surface area contributed by atoms with Crippen LogP contribution >= 0.6 is 0 Å². The highest BCUT2D eigenvalue weighted by molar-refractivity contribution is 5.82. The van der Waals surface area contributed by atoms with Gasteiger partial charge in [-0.05, 0) is 32.9 Å². The maximum absolute atomic E-state index is 12.2. The fraction of sp³-hybridized carbons (Fsp3) is 0.529. The Balaban J connectivity index is 2.19. The molecule has 8 nitrogen and oxygen atoms in total. The number of carbonyl (C=O) groups is 1. The molecule has 1 aliphatic heterocycles. The zero-order chi connectivity index (χ0) is 18.6. The Morgan fingerprint density at radius 2 is 2.12 bits per heavy atom. The Morgan fingerprint density at radius 1 is 1.40 bits per heavy atom. The number of esters is 1. The predicted molar refractivity (Wildman–Crippen MR) is 92.2 cm³/mol. The molecule has 1 aromatic heterocycles. The molecule has 1 fully saturated rings. The van der Waals surface area contributed by atoms with E-state index in [0.29, 0.717) is 24.5 Å². The quantitative estimate of drug-likeness (QED) is 0.490. The number of piperazine rings is 1. The van der Waals surface area contributed by atoms with Crippen LogP contribution in [-0.2, 0) is 14.3 Å². The van der Waals surface area contributed by atoms with E-state index in [1.54, 1.807) is 17.0 Å². The van der Waals surface area contributed by atoms with E-state index in [0.717, 1.165) is 0 Å². The lowest BCUT2D eigenvalue weighted by molar-refractivity contribution is -0.143. The molecule has 1 aliphatic rings. The molecule has 1 aromatic rings. The summed E-state index contributed by atoms with van der Waals surface area (Å²) in [7, 11) is 1.34. The first kappa shape index (κ1) is 18.5. The molecule has 1 saturated heterocycles. The second-order valence-electron chi connectivity index (χ2n) is 6.71. The molecule has 1 atom stereocenters. The maximum Gasteiger partial charge on any atom is 0.330 e. The summed E-state index contributed by atoms with van der Waals surface area (Å²) in [6.45, 7) is 6.88. The Morgan fingerprint density at radius 3 is 2.64 bits per heavy atom. The van der Waals surface area contributed by atoms with Gasteiger partial charge in [0.05, 0.1) is 19.2 Å². The van der Waals surface area contributed by atoms with Crippen LogP contribution in [0.5, 0.6) is 0 Å².